The molecule has 0 bridgehead atoms. The maximum Gasteiger partial charge on any atom is 0.307 e. The fraction of sp³-hybridized carbons (Fsp3) is 0.467. The largest absolute Gasteiger partial charge is 0.469 e. The van der Waals surface area contributed by atoms with Gasteiger partial charge in [-0.1, -0.05) is 17.7 Å². The van der Waals surface area contributed by atoms with Crippen LogP contribution in [0.3, 0.4) is 0 Å². The van der Waals surface area contributed by atoms with E-state index in [1.165, 1.54) is 7.11 Å². The Kier molecular flexibility index (Phi) is 4.85. The molecule has 1 fully saturated rings. The minimum Gasteiger partial charge on any atom is -0.469 e. The Morgan fingerprint density at radius 1 is 1.48 bits per heavy atom. The van der Waals surface area contributed by atoms with Crippen LogP contribution in [-0.2, 0) is 14.3 Å². The van der Waals surface area contributed by atoms with Crippen LogP contribution in [-0.4, -0.2) is 37.7 Å². The van der Waals surface area contributed by atoms with Crippen LogP contribution in [0.5, 0.6) is 0 Å². The van der Waals surface area contributed by atoms with E-state index < -0.39 is 5.54 Å². The molecule has 1 aliphatic heterocycles. The van der Waals surface area contributed by atoms with Crippen molar-refractivity contribution in [2.75, 3.05) is 20.3 Å². The second-order valence-corrected chi connectivity index (χ2v) is 5.66. The summed E-state index contributed by atoms with van der Waals surface area (Å²) in [6, 6.07) is 5.11. The Morgan fingerprint density at radius 3 is 2.81 bits per heavy atom. The van der Waals surface area contributed by atoms with Crippen LogP contribution in [0.1, 0.15) is 28.8 Å². The summed E-state index contributed by atoms with van der Waals surface area (Å²) in [5.74, 6) is -0.644. The van der Waals surface area contributed by atoms with Crippen molar-refractivity contribution in [3.63, 3.8) is 0 Å². The Balaban J connectivity index is 2.14. The summed E-state index contributed by atoms with van der Waals surface area (Å²) >= 11 is 6.04. The summed E-state index contributed by atoms with van der Waals surface area (Å²) < 4.78 is 10.0. The number of hydrogen-bond acceptors (Lipinski definition) is 4. The number of ether oxygens (including phenoxy) is 2. The highest BCUT2D eigenvalue weighted by atomic mass is 35.5. The van der Waals surface area contributed by atoms with Crippen molar-refractivity contribution in [1.82, 2.24) is 5.32 Å². The number of halogens is 1. The average Bonchev–Trinajstić information content (AvgIpc) is 2.89. The highest BCUT2D eigenvalue weighted by Gasteiger charge is 2.39. The maximum absolute atomic E-state index is 12.4. The molecule has 1 saturated heterocycles. The molecule has 0 aromatic heterocycles. The molecule has 0 aliphatic carbocycles. The third kappa shape index (κ3) is 3.74. The van der Waals surface area contributed by atoms with Crippen LogP contribution in [0.25, 0.3) is 0 Å². The first kappa shape index (κ1) is 15.8. The van der Waals surface area contributed by atoms with Gasteiger partial charge in [0.05, 0.1) is 25.7 Å². The maximum atomic E-state index is 12.4. The summed E-state index contributed by atoms with van der Waals surface area (Å²) in [7, 11) is 1.33. The topological polar surface area (TPSA) is 64.6 Å². The zero-order valence-corrected chi connectivity index (χ0v) is 12.8. The van der Waals surface area contributed by atoms with Gasteiger partial charge < -0.3 is 14.8 Å². The van der Waals surface area contributed by atoms with Crippen LogP contribution in [0.4, 0.5) is 0 Å². The normalized spacial score (nSPS) is 21.1. The lowest BCUT2D eigenvalue weighted by Gasteiger charge is -2.27. The van der Waals surface area contributed by atoms with Gasteiger partial charge in [0, 0.05) is 17.2 Å². The summed E-state index contributed by atoms with van der Waals surface area (Å²) in [5.41, 5.74) is 0.657. The highest BCUT2D eigenvalue weighted by molar-refractivity contribution is 6.31. The van der Waals surface area contributed by atoms with Crippen LogP contribution in [0, 0.1) is 6.92 Å². The molecule has 0 saturated carbocycles. The molecule has 0 unspecified atom stereocenters. The van der Waals surface area contributed by atoms with Crippen molar-refractivity contribution in [3.05, 3.63) is 34.3 Å². The SMILES string of the molecule is COC(=O)C[C@@]1(NC(=O)c2ccc(C)c(Cl)c2)CCOC1. The quantitative estimate of drug-likeness (QED) is 0.865. The van der Waals surface area contributed by atoms with Gasteiger partial charge in [0.1, 0.15) is 0 Å². The van der Waals surface area contributed by atoms with Crippen molar-refractivity contribution >= 4 is 23.5 Å². The van der Waals surface area contributed by atoms with Crippen molar-refractivity contribution in [2.45, 2.75) is 25.3 Å². The first-order valence-electron chi connectivity index (χ1n) is 6.69. The van der Waals surface area contributed by atoms with Crippen LogP contribution < -0.4 is 5.32 Å². The van der Waals surface area contributed by atoms with Crippen molar-refractivity contribution in [1.29, 1.82) is 0 Å². The second-order valence-electron chi connectivity index (χ2n) is 5.25. The fourth-order valence-electron chi connectivity index (χ4n) is 2.29. The van der Waals surface area contributed by atoms with E-state index >= 15 is 0 Å². The predicted molar refractivity (Wildman–Crippen MR) is 78.5 cm³/mol. The molecule has 1 aliphatic rings. The molecule has 1 amide bonds. The third-order valence-electron chi connectivity index (χ3n) is 3.63. The number of aryl methyl sites for hydroxylation is 1. The van der Waals surface area contributed by atoms with E-state index in [1.807, 2.05) is 6.92 Å². The number of esters is 1. The summed E-state index contributed by atoms with van der Waals surface area (Å²) in [6.07, 6.45) is 0.669. The number of rotatable bonds is 4. The molecule has 6 heteroatoms. The smallest absolute Gasteiger partial charge is 0.307 e. The Morgan fingerprint density at radius 2 is 2.24 bits per heavy atom. The lowest BCUT2D eigenvalue weighted by molar-refractivity contribution is -0.142. The summed E-state index contributed by atoms with van der Waals surface area (Å²) in [5, 5.41) is 3.43. The molecule has 1 heterocycles. The molecule has 1 atom stereocenters. The van der Waals surface area contributed by atoms with Gasteiger partial charge in [-0.25, -0.2) is 0 Å². The summed E-state index contributed by atoms with van der Waals surface area (Å²) in [6.45, 7) is 2.67. The molecule has 2 rings (SSSR count). The van der Waals surface area contributed by atoms with Crippen LogP contribution in [0.15, 0.2) is 18.2 Å². The fourth-order valence-corrected chi connectivity index (χ4v) is 2.47. The molecule has 0 radical (unpaired) electrons. The van der Waals surface area contributed by atoms with Crippen molar-refractivity contribution in [2.24, 2.45) is 0 Å². The molecule has 1 aromatic rings. The van der Waals surface area contributed by atoms with Gasteiger partial charge >= 0.3 is 5.97 Å². The standard InChI is InChI=1S/C15H18ClNO4/c1-10-3-4-11(7-12(10)16)14(19)17-15(5-6-21-9-15)8-13(18)20-2/h3-4,7H,5-6,8-9H2,1-2H3,(H,17,19)/t15-/m0/s1. The molecule has 5 nitrogen and oxygen atoms in total. The zero-order chi connectivity index (χ0) is 15.5. The van der Waals surface area contributed by atoms with Crippen LogP contribution in [0.2, 0.25) is 5.02 Å². The van der Waals surface area contributed by atoms with Crippen molar-refractivity contribution < 1.29 is 19.1 Å². The number of carbonyl (C=O) groups excluding carboxylic acids is 2. The van der Waals surface area contributed by atoms with Gasteiger partial charge in [-0.15, -0.1) is 0 Å². The Hall–Kier alpha value is -1.59. The van der Waals surface area contributed by atoms with E-state index in [1.54, 1.807) is 18.2 Å². The minimum atomic E-state index is -0.707. The average molecular weight is 312 g/mol. The minimum absolute atomic E-state index is 0.0921. The monoisotopic (exact) mass is 311 g/mol. The van der Waals surface area contributed by atoms with E-state index in [2.05, 4.69) is 5.32 Å². The van der Waals surface area contributed by atoms with Gasteiger partial charge in [-0.2, -0.15) is 0 Å². The van der Waals surface area contributed by atoms with E-state index in [0.29, 0.717) is 30.2 Å². The molecule has 1 aromatic carbocycles. The summed E-state index contributed by atoms with van der Waals surface area (Å²) in [4.78, 5) is 23.9. The number of amides is 1. The van der Waals surface area contributed by atoms with Gasteiger partial charge in [0.15, 0.2) is 0 Å². The van der Waals surface area contributed by atoms with Gasteiger partial charge in [-0.3, -0.25) is 9.59 Å². The molecule has 1 N–H and O–H groups in total. The molecule has 0 spiro atoms. The molecular weight excluding hydrogens is 294 g/mol. The number of carbonyl (C=O) groups is 2. The van der Waals surface area contributed by atoms with E-state index in [-0.39, 0.29) is 18.3 Å². The van der Waals surface area contributed by atoms with Gasteiger partial charge in [0.25, 0.3) is 5.91 Å². The molecule has 21 heavy (non-hydrogen) atoms. The number of benzene rings is 1. The van der Waals surface area contributed by atoms with Crippen molar-refractivity contribution in [3.8, 4) is 0 Å². The Labute approximate surface area is 128 Å². The van der Waals surface area contributed by atoms with E-state index in [0.717, 1.165) is 5.56 Å². The first-order valence-corrected chi connectivity index (χ1v) is 7.07. The Bertz CT molecular complexity index is 553. The molecule has 114 valence electrons. The number of methoxy groups -OCH3 is 1. The zero-order valence-electron chi connectivity index (χ0n) is 12.1. The second kappa shape index (κ2) is 6.45. The molecular formula is C15H18ClNO4. The van der Waals surface area contributed by atoms with Gasteiger partial charge in [0.2, 0.25) is 0 Å². The lowest BCUT2D eigenvalue weighted by atomic mass is 9.93. The number of nitrogens with one attached hydrogen (secondary N) is 1. The van der Waals surface area contributed by atoms with E-state index in [9.17, 15) is 9.59 Å². The lowest BCUT2D eigenvalue weighted by Crippen LogP contribution is -2.50. The van der Waals surface area contributed by atoms with E-state index in [4.69, 9.17) is 21.1 Å². The number of hydrogen-bond donors (Lipinski definition) is 1. The predicted octanol–water partition coefficient (Wildman–Crippen LogP) is 2.10. The first-order chi connectivity index (χ1) is 9.96. The third-order valence-corrected chi connectivity index (χ3v) is 4.03. The van der Waals surface area contributed by atoms with Gasteiger partial charge in [-0.05, 0) is 31.0 Å². The highest BCUT2D eigenvalue weighted by Crippen LogP contribution is 2.24. The van der Waals surface area contributed by atoms with Crippen LogP contribution >= 0.6 is 11.6 Å².